The lowest BCUT2D eigenvalue weighted by Gasteiger charge is -1.89. The number of hydrogen-bond donors (Lipinski definition) is 1. The van der Waals surface area contributed by atoms with E-state index in [1.54, 1.807) is 12.5 Å². The van der Waals surface area contributed by atoms with Crippen LogP contribution in [0.2, 0.25) is 0 Å². The zero-order valence-corrected chi connectivity index (χ0v) is 5.24. The molecular formula is C7H6N2O. The first-order valence-corrected chi connectivity index (χ1v) is 2.95. The molecule has 0 spiro atoms. The van der Waals surface area contributed by atoms with Crippen molar-refractivity contribution < 1.29 is 4.42 Å². The Morgan fingerprint density at radius 1 is 1.40 bits per heavy atom. The second kappa shape index (κ2) is 1.73. The molecule has 0 aliphatic carbocycles. The topological polar surface area (TPSA) is 52.0 Å². The van der Waals surface area contributed by atoms with E-state index in [2.05, 4.69) is 4.98 Å². The van der Waals surface area contributed by atoms with Gasteiger partial charge >= 0.3 is 0 Å². The van der Waals surface area contributed by atoms with Gasteiger partial charge in [0.15, 0.2) is 11.4 Å². The molecule has 50 valence electrons. The van der Waals surface area contributed by atoms with Crippen LogP contribution < -0.4 is 5.73 Å². The van der Waals surface area contributed by atoms with Crippen LogP contribution in [0.4, 0.5) is 5.82 Å². The molecule has 3 nitrogen and oxygen atoms in total. The van der Waals surface area contributed by atoms with Gasteiger partial charge in [-0.3, -0.25) is 0 Å². The molecule has 2 N–H and O–H groups in total. The molecule has 0 fully saturated rings. The number of nitrogens with two attached hydrogens (primary N) is 1. The fraction of sp³-hybridized carbons (Fsp3) is 0. The van der Waals surface area contributed by atoms with Crippen LogP contribution in [0.3, 0.4) is 0 Å². The molecule has 0 unspecified atom stereocenters. The number of rotatable bonds is 0. The molecule has 0 aliphatic heterocycles. The monoisotopic (exact) mass is 134 g/mol. The maximum absolute atomic E-state index is 5.50. The van der Waals surface area contributed by atoms with Crippen LogP contribution in [-0.4, -0.2) is 4.98 Å². The Labute approximate surface area is 57.5 Å². The second-order valence-corrected chi connectivity index (χ2v) is 2.04. The highest BCUT2D eigenvalue weighted by atomic mass is 16.3. The van der Waals surface area contributed by atoms with Gasteiger partial charge in [-0.05, 0) is 12.1 Å². The van der Waals surface area contributed by atoms with E-state index in [0.717, 1.165) is 5.39 Å². The average Bonchev–Trinajstić information content (AvgIpc) is 2.36. The molecule has 0 saturated carbocycles. The summed E-state index contributed by atoms with van der Waals surface area (Å²) in [5.41, 5.74) is 6.16. The largest absolute Gasteiger partial charge is 0.460 e. The number of nitrogen functional groups attached to an aromatic ring is 1. The Morgan fingerprint density at radius 3 is 3.10 bits per heavy atom. The highest BCUT2D eigenvalue weighted by molar-refractivity contribution is 5.85. The molecule has 0 aliphatic rings. The minimum Gasteiger partial charge on any atom is -0.460 e. The molecular weight excluding hydrogens is 128 g/mol. The van der Waals surface area contributed by atoms with Crippen molar-refractivity contribution >= 4 is 16.8 Å². The normalized spacial score (nSPS) is 10.4. The Bertz CT molecular complexity index is 353. The van der Waals surface area contributed by atoms with E-state index in [1.165, 1.54) is 0 Å². The van der Waals surface area contributed by atoms with Crippen LogP contribution in [0, 0.1) is 0 Å². The van der Waals surface area contributed by atoms with Gasteiger partial charge in [0.05, 0.1) is 6.26 Å². The smallest absolute Gasteiger partial charge is 0.175 e. The summed E-state index contributed by atoms with van der Waals surface area (Å²) in [4.78, 5) is 3.86. The van der Waals surface area contributed by atoms with Crippen LogP contribution in [0.25, 0.3) is 11.0 Å². The summed E-state index contributed by atoms with van der Waals surface area (Å²) in [6, 6.07) is 3.71. The van der Waals surface area contributed by atoms with Crippen molar-refractivity contribution in [3.8, 4) is 0 Å². The predicted molar refractivity (Wildman–Crippen MR) is 38.4 cm³/mol. The molecule has 0 aromatic carbocycles. The van der Waals surface area contributed by atoms with Gasteiger partial charge in [0.25, 0.3) is 0 Å². The lowest BCUT2D eigenvalue weighted by molar-refractivity contribution is 0.616. The molecule has 2 heterocycles. The van der Waals surface area contributed by atoms with E-state index < -0.39 is 0 Å². The van der Waals surface area contributed by atoms with Gasteiger partial charge in [0, 0.05) is 11.6 Å². The standard InChI is InChI=1S/C7H6N2O/c8-7-6-5(1-3-9-7)2-4-10-6/h1-4H,(H2,8,9). The zero-order valence-electron chi connectivity index (χ0n) is 5.24. The molecule has 10 heavy (non-hydrogen) atoms. The maximum atomic E-state index is 5.50. The summed E-state index contributed by atoms with van der Waals surface area (Å²) in [6.45, 7) is 0. The third-order valence-corrected chi connectivity index (χ3v) is 1.40. The summed E-state index contributed by atoms with van der Waals surface area (Å²) in [5, 5.41) is 0.993. The molecule has 0 radical (unpaired) electrons. The van der Waals surface area contributed by atoms with Crippen LogP contribution in [0.5, 0.6) is 0 Å². The molecule has 0 amide bonds. The van der Waals surface area contributed by atoms with Crippen molar-refractivity contribution in [2.75, 3.05) is 5.73 Å². The van der Waals surface area contributed by atoms with Crippen molar-refractivity contribution in [3.63, 3.8) is 0 Å². The van der Waals surface area contributed by atoms with Crippen molar-refractivity contribution in [3.05, 3.63) is 24.6 Å². The molecule has 0 atom stereocenters. The molecule has 0 bridgehead atoms. The maximum Gasteiger partial charge on any atom is 0.175 e. The number of furan rings is 1. The zero-order chi connectivity index (χ0) is 6.97. The Morgan fingerprint density at radius 2 is 2.30 bits per heavy atom. The number of pyridine rings is 1. The lowest BCUT2D eigenvalue weighted by Crippen LogP contribution is -1.87. The minimum atomic E-state index is 0.447. The van der Waals surface area contributed by atoms with E-state index >= 15 is 0 Å². The van der Waals surface area contributed by atoms with Gasteiger partial charge < -0.3 is 10.2 Å². The highest BCUT2D eigenvalue weighted by Crippen LogP contribution is 2.18. The van der Waals surface area contributed by atoms with Gasteiger partial charge in [-0.1, -0.05) is 0 Å². The van der Waals surface area contributed by atoms with Crippen molar-refractivity contribution in [2.24, 2.45) is 0 Å². The SMILES string of the molecule is Nc1nccc2ccoc12. The third kappa shape index (κ3) is 0.572. The Hall–Kier alpha value is -1.51. The fourth-order valence-corrected chi connectivity index (χ4v) is 0.915. The average molecular weight is 134 g/mol. The summed E-state index contributed by atoms with van der Waals surface area (Å²) in [6.07, 6.45) is 3.26. The van der Waals surface area contributed by atoms with E-state index in [-0.39, 0.29) is 0 Å². The number of anilines is 1. The number of aromatic nitrogens is 1. The van der Waals surface area contributed by atoms with E-state index in [1.807, 2.05) is 12.1 Å². The van der Waals surface area contributed by atoms with Gasteiger partial charge in [-0.25, -0.2) is 4.98 Å². The Kier molecular flexibility index (Phi) is 0.917. The molecule has 0 saturated heterocycles. The summed E-state index contributed by atoms with van der Waals surface area (Å²) in [7, 11) is 0. The van der Waals surface area contributed by atoms with Crippen LogP contribution in [-0.2, 0) is 0 Å². The Balaban J connectivity index is 2.95. The molecule has 2 aromatic heterocycles. The fourth-order valence-electron chi connectivity index (χ4n) is 0.915. The van der Waals surface area contributed by atoms with E-state index in [9.17, 15) is 0 Å². The number of hydrogen-bond acceptors (Lipinski definition) is 3. The van der Waals surface area contributed by atoms with Gasteiger partial charge in [-0.15, -0.1) is 0 Å². The summed E-state index contributed by atoms with van der Waals surface area (Å²) < 4.78 is 5.06. The van der Waals surface area contributed by atoms with Crippen LogP contribution in [0.15, 0.2) is 29.0 Å². The summed E-state index contributed by atoms with van der Waals surface area (Å²) in [5.74, 6) is 0.447. The summed E-state index contributed by atoms with van der Waals surface area (Å²) >= 11 is 0. The first-order chi connectivity index (χ1) is 4.88. The van der Waals surface area contributed by atoms with Crippen molar-refractivity contribution in [2.45, 2.75) is 0 Å². The van der Waals surface area contributed by atoms with Crippen LogP contribution >= 0.6 is 0 Å². The highest BCUT2D eigenvalue weighted by Gasteiger charge is 1.98. The molecule has 2 rings (SSSR count). The van der Waals surface area contributed by atoms with Crippen molar-refractivity contribution in [1.29, 1.82) is 0 Å². The number of nitrogens with zero attached hydrogens (tertiary/aromatic N) is 1. The second-order valence-electron chi connectivity index (χ2n) is 2.04. The van der Waals surface area contributed by atoms with E-state index in [4.69, 9.17) is 10.2 Å². The molecule has 3 heteroatoms. The third-order valence-electron chi connectivity index (χ3n) is 1.40. The lowest BCUT2D eigenvalue weighted by atomic mass is 10.3. The van der Waals surface area contributed by atoms with E-state index in [0.29, 0.717) is 11.4 Å². The first kappa shape index (κ1) is 5.29. The quantitative estimate of drug-likeness (QED) is 0.592. The van der Waals surface area contributed by atoms with Gasteiger partial charge in [0.2, 0.25) is 0 Å². The molecule has 2 aromatic rings. The van der Waals surface area contributed by atoms with Gasteiger partial charge in [-0.2, -0.15) is 0 Å². The minimum absolute atomic E-state index is 0.447. The predicted octanol–water partition coefficient (Wildman–Crippen LogP) is 1.41. The van der Waals surface area contributed by atoms with Crippen molar-refractivity contribution in [1.82, 2.24) is 4.98 Å². The van der Waals surface area contributed by atoms with Crippen LogP contribution in [0.1, 0.15) is 0 Å². The number of fused-ring (bicyclic) bond motifs is 1. The first-order valence-electron chi connectivity index (χ1n) is 2.95. The van der Waals surface area contributed by atoms with Gasteiger partial charge in [0.1, 0.15) is 0 Å².